The summed E-state index contributed by atoms with van der Waals surface area (Å²) in [5.41, 5.74) is 6.73. The van der Waals surface area contributed by atoms with Crippen LogP contribution in [-0.2, 0) is 4.74 Å². The Labute approximate surface area is 124 Å². The van der Waals surface area contributed by atoms with E-state index in [0.717, 1.165) is 12.1 Å². The summed E-state index contributed by atoms with van der Waals surface area (Å²) >= 11 is 0. The van der Waals surface area contributed by atoms with E-state index >= 15 is 0 Å². The number of benzene rings is 1. The van der Waals surface area contributed by atoms with E-state index in [2.05, 4.69) is 10.5 Å². The second-order valence-electron chi connectivity index (χ2n) is 3.84. The fourth-order valence-electron chi connectivity index (χ4n) is 1.38. The van der Waals surface area contributed by atoms with Gasteiger partial charge in [-0.1, -0.05) is 0 Å². The van der Waals surface area contributed by atoms with Crippen molar-refractivity contribution in [2.45, 2.75) is 6.92 Å². The molecule has 114 valence electrons. The third kappa shape index (κ3) is 4.27. The summed E-state index contributed by atoms with van der Waals surface area (Å²) in [5.74, 6) is -1.30. The zero-order valence-corrected chi connectivity index (χ0v) is 11.5. The second-order valence-corrected chi connectivity index (χ2v) is 3.84. The minimum atomic E-state index is -0.731. The molecule has 0 bridgehead atoms. The molecule has 0 aromatic heterocycles. The summed E-state index contributed by atoms with van der Waals surface area (Å²) in [6, 6.07) is 5.02. The van der Waals surface area contributed by atoms with E-state index in [1.165, 1.54) is 6.07 Å². The first-order valence-electron chi connectivity index (χ1n) is 5.93. The number of nitrogens with two attached hydrogens (primary N) is 1. The number of nitrogens with one attached hydrogen (secondary N) is 2. The number of nitro groups is 1. The first kappa shape index (κ1) is 16.6. The molecule has 0 aliphatic rings. The maximum Gasteiger partial charge on any atom is 0.338 e. The second kappa shape index (κ2) is 7.34. The van der Waals surface area contributed by atoms with Crippen molar-refractivity contribution in [2.75, 3.05) is 12.0 Å². The van der Waals surface area contributed by atoms with Gasteiger partial charge >= 0.3 is 5.97 Å². The number of rotatable bonds is 6. The van der Waals surface area contributed by atoms with Crippen molar-refractivity contribution in [1.82, 2.24) is 0 Å². The van der Waals surface area contributed by atoms with Gasteiger partial charge in [0.25, 0.3) is 5.69 Å². The van der Waals surface area contributed by atoms with Crippen LogP contribution in [0.3, 0.4) is 0 Å². The van der Waals surface area contributed by atoms with Gasteiger partial charge in [0, 0.05) is 12.1 Å². The molecule has 1 aromatic rings. The molecule has 0 saturated carbocycles. The van der Waals surface area contributed by atoms with Crippen LogP contribution in [0.25, 0.3) is 0 Å². The largest absolute Gasteiger partial charge is 0.462 e. The molecule has 0 aliphatic carbocycles. The predicted octanol–water partition coefficient (Wildman–Crippen LogP) is 0.999. The maximum atomic E-state index is 11.7. The Morgan fingerprint density at radius 1 is 1.59 bits per heavy atom. The van der Waals surface area contributed by atoms with E-state index in [1.54, 1.807) is 13.0 Å². The highest BCUT2D eigenvalue weighted by atomic mass is 16.6. The molecule has 0 aliphatic heterocycles. The SMILES string of the molecule is CCOC(=O)c1cc(N/N=C(\C#N)C(=N)N)cc([N+](=O)[O-])c1. The Kier molecular flexibility index (Phi) is 5.53. The number of hydrazone groups is 1. The van der Waals surface area contributed by atoms with Crippen molar-refractivity contribution in [3.8, 4) is 6.07 Å². The monoisotopic (exact) mass is 304 g/mol. The maximum absolute atomic E-state index is 11.7. The molecular formula is C12H12N6O4. The van der Waals surface area contributed by atoms with Crippen LogP contribution in [0, 0.1) is 26.9 Å². The van der Waals surface area contributed by atoms with Gasteiger partial charge in [-0.2, -0.15) is 10.4 Å². The van der Waals surface area contributed by atoms with Gasteiger partial charge in [0.05, 0.1) is 22.8 Å². The number of nitrogens with zero attached hydrogens (tertiary/aromatic N) is 3. The predicted molar refractivity (Wildman–Crippen MR) is 77.6 cm³/mol. The van der Waals surface area contributed by atoms with Crippen LogP contribution in [0.4, 0.5) is 11.4 Å². The lowest BCUT2D eigenvalue weighted by Gasteiger charge is -2.05. The number of anilines is 1. The van der Waals surface area contributed by atoms with Gasteiger partial charge in [0.2, 0.25) is 5.71 Å². The number of nitro benzene ring substituents is 1. The number of esters is 1. The minimum absolute atomic E-state index is 0.0462. The van der Waals surface area contributed by atoms with Gasteiger partial charge in [0.15, 0.2) is 5.84 Å². The van der Waals surface area contributed by atoms with E-state index in [-0.39, 0.29) is 23.5 Å². The molecule has 0 heterocycles. The summed E-state index contributed by atoms with van der Waals surface area (Å²) in [6.07, 6.45) is 0. The van der Waals surface area contributed by atoms with Crippen LogP contribution in [-0.4, -0.2) is 29.0 Å². The van der Waals surface area contributed by atoms with Crippen LogP contribution >= 0.6 is 0 Å². The molecule has 0 saturated heterocycles. The van der Waals surface area contributed by atoms with Gasteiger partial charge in [-0.25, -0.2) is 4.79 Å². The molecule has 0 atom stereocenters. The summed E-state index contributed by atoms with van der Waals surface area (Å²) in [4.78, 5) is 21.8. The van der Waals surface area contributed by atoms with Crippen molar-refractivity contribution < 1.29 is 14.5 Å². The summed E-state index contributed by atoms with van der Waals surface area (Å²) in [7, 11) is 0. The van der Waals surface area contributed by atoms with Crippen LogP contribution < -0.4 is 11.2 Å². The van der Waals surface area contributed by atoms with Gasteiger partial charge in [0.1, 0.15) is 6.07 Å². The van der Waals surface area contributed by atoms with Gasteiger partial charge in [-0.15, -0.1) is 0 Å². The number of ether oxygens (including phenoxy) is 1. The van der Waals surface area contributed by atoms with Crippen LogP contribution in [0.1, 0.15) is 17.3 Å². The Balaban J connectivity index is 3.19. The van der Waals surface area contributed by atoms with Gasteiger partial charge in [-0.05, 0) is 13.0 Å². The number of carbonyl (C=O) groups excluding carboxylic acids is 1. The normalized spacial score (nSPS) is 10.5. The summed E-state index contributed by atoms with van der Waals surface area (Å²) < 4.78 is 4.77. The summed E-state index contributed by atoms with van der Waals surface area (Å²) in [6.45, 7) is 1.72. The third-order valence-corrected chi connectivity index (χ3v) is 2.30. The zero-order valence-electron chi connectivity index (χ0n) is 11.5. The Morgan fingerprint density at radius 3 is 2.77 bits per heavy atom. The van der Waals surface area contributed by atoms with Gasteiger partial charge in [-0.3, -0.25) is 20.9 Å². The van der Waals surface area contributed by atoms with E-state index in [4.69, 9.17) is 21.1 Å². The molecule has 10 heteroatoms. The van der Waals surface area contributed by atoms with E-state index in [1.807, 2.05) is 0 Å². The lowest BCUT2D eigenvalue weighted by Crippen LogP contribution is -2.21. The standard InChI is InChI=1S/C12H12N6O4/c1-2-22-12(19)7-3-8(5-9(4-7)18(20)21)16-17-10(6-13)11(14)15/h3-5,16H,2H2,1H3,(H3,14,15)/b17-10+. The molecule has 0 radical (unpaired) electrons. The van der Waals surface area contributed by atoms with E-state index in [9.17, 15) is 14.9 Å². The molecule has 1 aromatic carbocycles. The number of nitriles is 1. The first-order valence-corrected chi connectivity index (χ1v) is 5.93. The minimum Gasteiger partial charge on any atom is -0.462 e. The average molecular weight is 304 g/mol. The van der Waals surface area contributed by atoms with Crippen molar-refractivity contribution >= 4 is 28.9 Å². The highest BCUT2D eigenvalue weighted by Gasteiger charge is 2.15. The smallest absolute Gasteiger partial charge is 0.338 e. The van der Waals surface area contributed by atoms with Crippen molar-refractivity contribution in [3.63, 3.8) is 0 Å². The van der Waals surface area contributed by atoms with E-state index < -0.39 is 22.4 Å². The lowest BCUT2D eigenvalue weighted by atomic mass is 10.2. The average Bonchev–Trinajstić information content (AvgIpc) is 2.47. The Morgan fingerprint density at radius 2 is 2.27 bits per heavy atom. The first-order chi connectivity index (χ1) is 10.4. The molecule has 0 fully saturated rings. The number of amidine groups is 1. The highest BCUT2D eigenvalue weighted by Crippen LogP contribution is 2.21. The third-order valence-electron chi connectivity index (χ3n) is 2.30. The molecule has 1 rings (SSSR count). The van der Waals surface area contributed by atoms with Crippen LogP contribution in [0.2, 0.25) is 0 Å². The Hall–Kier alpha value is -3.48. The Bertz CT molecular complexity index is 691. The van der Waals surface area contributed by atoms with Crippen LogP contribution in [0.5, 0.6) is 0 Å². The summed E-state index contributed by atoms with van der Waals surface area (Å²) in [5, 5.41) is 30.2. The highest BCUT2D eigenvalue weighted by molar-refractivity contribution is 6.45. The molecule has 4 N–H and O–H groups in total. The van der Waals surface area contributed by atoms with E-state index in [0.29, 0.717) is 0 Å². The number of carbonyl (C=O) groups is 1. The quantitative estimate of drug-likeness (QED) is 0.231. The van der Waals surface area contributed by atoms with Crippen molar-refractivity contribution in [3.05, 3.63) is 33.9 Å². The fraction of sp³-hybridized carbons (Fsp3) is 0.167. The molecule has 10 nitrogen and oxygen atoms in total. The number of hydrogen-bond donors (Lipinski definition) is 3. The number of non-ortho nitro benzene ring substituents is 1. The molecule has 0 amide bonds. The topological polar surface area (TPSA) is 167 Å². The molecular weight excluding hydrogens is 292 g/mol. The van der Waals surface area contributed by atoms with Crippen molar-refractivity contribution in [1.29, 1.82) is 10.7 Å². The van der Waals surface area contributed by atoms with Crippen LogP contribution in [0.15, 0.2) is 23.3 Å². The lowest BCUT2D eigenvalue weighted by molar-refractivity contribution is -0.384. The zero-order chi connectivity index (χ0) is 16.7. The molecule has 0 spiro atoms. The number of hydrogen-bond acceptors (Lipinski definition) is 8. The fourth-order valence-corrected chi connectivity index (χ4v) is 1.38. The van der Waals surface area contributed by atoms with Crippen molar-refractivity contribution in [2.24, 2.45) is 10.8 Å². The van der Waals surface area contributed by atoms with Gasteiger partial charge < -0.3 is 10.5 Å². The molecule has 22 heavy (non-hydrogen) atoms. The molecule has 0 unspecified atom stereocenters.